The fourth-order valence-corrected chi connectivity index (χ4v) is 0. The molecule has 0 aromatic heterocycles. The summed E-state index contributed by atoms with van der Waals surface area (Å²) in [5.41, 5.74) is 0. The molecule has 4 nitrogen and oxygen atoms in total. The SMILES string of the molecule is O=P([O-])([O-])O.P.[Na+].[Na+]. The van der Waals surface area contributed by atoms with Crippen LogP contribution in [0.2, 0.25) is 0 Å². The van der Waals surface area contributed by atoms with E-state index in [1.807, 2.05) is 0 Å². The van der Waals surface area contributed by atoms with Gasteiger partial charge in [0.05, 0.1) is 7.82 Å². The average molecular weight is 176 g/mol. The third-order valence-electron chi connectivity index (χ3n) is 0. The van der Waals surface area contributed by atoms with Gasteiger partial charge in [-0.1, -0.05) is 0 Å². The Bertz CT molecular complexity index is 58.2. The summed E-state index contributed by atoms with van der Waals surface area (Å²) in [6.07, 6.45) is 0. The van der Waals surface area contributed by atoms with Gasteiger partial charge < -0.3 is 19.2 Å². The summed E-state index contributed by atoms with van der Waals surface area (Å²) in [6.45, 7) is 0. The Morgan fingerprint density at radius 3 is 1.25 bits per heavy atom. The van der Waals surface area contributed by atoms with Gasteiger partial charge in [0.15, 0.2) is 0 Å². The Morgan fingerprint density at radius 2 is 1.25 bits per heavy atom. The molecule has 8 heteroatoms. The zero-order chi connectivity index (χ0) is 4.50. The molecule has 0 aliphatic rings. The predicted octanol–water partition coefficient (Wildman–Crippen LogP) is -8.13. The van der Waals surface area contributed by atoms with E-state index in [9.17, 15) is 0 Å². The number of rotatable bonds is 0. The summed E-state index contributed by atoms with van der Waals surface area (Å²) in [4.78, 5) is 24.3. The van der Waals surface area contributed by atoms with Crippen molar-refractivity contribution in [2.24, 2.45) is 0 Å². The van der Waals surface area contributed by atoms with Crippen molar-refractivity contribution in [1.82, 2.24) is 0 Å². The van der Waals surface area contributed by atoms with Crippen LogP contribution in [0.15, 0.2) is 0 Å². The smallest absolute Gasteiger partial charge is 0.790 e. The molecule has 0 bridgehead atoms. The summed E-state index contributed by atoms with van der Waals surface area (Å²) < 4.78 is 8.66. The van der Waals surface area contributed by atoms with E-state index in [-0.39, 0.29) is 69.0 Å². The minimum atomic E-state index is -5.14. The topological polar surface area (TPSA) is 83.4 Å². The van der Waals surface area contributed by atoms with Crippen molar-refractivity contribution >= 4 is 17.7 Å². The van der Waals surface area contributed by atoms with Crippen molar-refractivity contribution in [1.29, 1.82) is 0 Å². The summed E-state index contributed by atoms with van der Waals surface area (Å²) >= 11 is 0. The van der Waals surface area contributed by atoms with Crippen LogP contribution in [0.25, 0.3) is 0 Å². The van der Waals surface area contributed by atoms with Crippen LogP contribution in [-0.4, -0.2) is 4.89 Å². The van der Waals surface area contributed by atoms with Crippen LogP contribution in [-0.2, 0) is 4.57 Å². The van der Waals surface area contributed by atoms with Gasteiger partial charge in [-0.2, -0.15) is 9.90 Å². The number of hydrogen-bond acceptors (Lipinski definition) is 3. The quantitative estimate of drug-likeness (QED) is 0.293. The van der Waals surface area contributed by atoms with Gasteiger partial charge in [-0.15, -0.1) is 0 Å². The summed E-state index contributed by atoms with van der Waals surface area (Å²) in [6, 6.07) is 0. The molecule has 0 spiro atoms. The first-order valence-corrected chi connectivity index (χ1v) is 2.24. The van der Waals surface area contributed by atoms with Crippen molar-refractivity contribution < 1.29 is 78.4 Å². The molecular formula is H4Na2O4P2. The van der Waals surface area contributed by atoms with Crippen molar-refractivity contribution in [2.45, 2.75) is 0 Å². The van der Waals surface area contributed by atoms with Crippen LogP contribution in [0.1, 0.15) is 0 Å². The van der Waals surface area contributed by atoms with Gasteiger partial charge in [0.25, 0.3) is 0 Å². The second kappa shape index (κ2) is 9.54. The Balaban J connectivity index is -0.0000000267. The molecule has 0 radical (unpaired) electrons. The Labute approximate surface area is 94.9 Å². The largest absolute Gasteiger partial charge is 1.00 e. The molecule has 0 heterocycles. The first-order chi connectivity index (χ1) is 2.00. The van der Waals surface area contributed by atoms with Crippen LogP contribution in [0, 0.1) is 0 Å². The molecule has 0 saturated heterocycles. The van der Waals surface area contributed by atoms with Crippen LogP contribution in [0.4, 0.5) is 0 Å². The van der Waals surface area contributed by atoms with Gasteiger partial charge >= 0.3 is 59.1 Å². The van der Waals surface area contributed by atoms with E-state index < -0.39 is 7.82 Å². The first kappa shape index (κ1) is 22.4. The maximum Gasteiger partial charge on any atom is 1.00 e. The molecule has 1 unspecified atom stereocenters. The van der Waals surface area contributed by atoms with E-state index in [4.69, 9.17) is 19.2 Å². The van der Waals surface area contributed by atoms with Crippen molar-refractivity contribution in [2.75, 3.05) is 0 Å². The van der Waals surface area contributed by atoms with Gasteiger partial charge in [0.1, 0.15) is 0 Å². The van der Waals surface area contributed by atoms with Crippen LogP contribution in [0.3, 0.4) is 0 Å². The molecule has 0 aromatic rings. The maximum atomic E-state index is 8.66. The summed E-state index contributed by atoms with van der Waals surface area (Å²) in [5, 5.41) is 0. The third-order valence-corrected chi connectivity index (χ3v) is 0. The molecule has 1 atom stereocenters. The molecule has 0 aliphatic carbocycles. The van der Waals surface area contributed by atoms with Crippen molar-refractivity contribution in [3.63, 3.8) is 0 Å². The van der Waals surface area contributed by atoms with Gasteiger partial charge in [0, 0.05) is 0 Å². The average Bonchev–Trinajstić information content (AvgIpc) is 0.722. The second-order valence-corrected chi connectivity index (χ2v) is 1.41. The van der Waals surface area contributed by atoms with Crippen molar-refractivity contribution in [3.05, 3.63) is 0 Å². The van der Waals surface area contributed by atoms with Gasteiger partial charge in [0.2, 0.25) is 0 Å². The van der Waals surface area contributed by atoms with Crippen LogP contribution in [0.5, 0.6) is 0 Å². The van der Waals surface area contributed by atoms with Gasteiger partial charge in [-0.05, 0) is 0 Å². The fourth-order valence-electron chi connectivity index (χ4n) is 0. The molecule has 0 fully saturated rings. The molecular weight excluding hydrogens is 172 g/mol. The first-order valence-electron chi connectivity index (χ1n) is 0.748. The molecule has 0 saturated carbocycles. The van der Waals surface area contributed by atoms with Gasteiger partial charge in [-0.3, -0.25) is 0 Å². The molecule has 1 N–H and O–H groups in total. The van der Waals surface area contributed by atoms with E-state index >= 15 is 0 Å². The van der Waals surface area contributed by atoms with E-state index in [0.29, 0.717) is 0 Å². The Morgan fingerprint density at radius 1 is 1.25 bits per heavy atom. The van der Waals surface area contributed by atoms with Crippen LogP contribution < -0.4 is 68.9 Å². The zero-order valence-corrected chi connectivity index (χ0v) is 11.1. The van der Waals surface area contributed by atoms with Gasteiger partial charge in [-0.25, -0.2) is 0 Å². The fraction of sp³-hybridized carbons (Fsp3) is 0. The monoisotopic (exact) mass is 176 g/mol. The zero-order valence-electron chi connectivity index (χ0n) is 4.83. The standard InChI is InChI=1S/2Na.H3O4P.H3P/c;;1-5(2,3)4;/h;;(H3,1,2,3,4);1H3/q2*+1;;/p-2. The van der Waals surface area contributed by atoms with E-state index in [2.05, 4.69) is 0 Å². The van der Waals surface area contributed by atoms with E-state index in [1.54, 1.807) is 0 Å². The van der Waals surface area contributed by atoms with E-state index in [1.165, 1.54) is 0 Å². The Hall–Kier alpha value is 2.54. The third kappa shape index (κ3) is 75.3. The molecule has 0 aliphatic heterocycles. The number of phosphoric acid groups is 1. The molecule has 8 heavy (non-hydrogen) atoms. The summed E-state index contributed by atoms with van der Waals surface area (Å²) in [7, 11) is -5.14. The van der Waals surface area contributed by atoms with Crippen LogP contribution >= 0.6 is 17.7 Å². The second-order valence-electron chi connectivity index (χ2n) is 0.469. The molecule has 0 aromatic carbocycles. The Kier molecular flexibility index (Phi) is 26.7. The molecule has 40 valence electrons. The molecule has 0 rings (SSSR count). The number of hydrogen-bond donors (Lipinski definition) is 1. The normalized spacial score (nSPS) is 7.38. The van der Waals surface area contributed by atoms with Crippen molar-refractivity contribution in [3.8, 4) is 0 Å². The summed E-state index contributed by atoms with van der Waals surface area (Å²) in [5.74, 6) is 0. The predicted molar refractivity (Wildman–Crippen MR) is 20.9 cm³/mol. The van der Waals surface area contributed by atoms with E-state index in [0.717, 1.165) is 0 Å². The maximum absolute atomic E-state index is 8.66. The molecule has 0 amide bonds. The minimum Gasteiger partial charge on any atom is -0.790 e. The minimum absolute atomic E-state index is 0.